The van der Waals surface area contributed by atoms with E-state index in [9.17, 15) is 18.0 Å². The number of rotatable bonds is 5. The minimum atomic E-state index is -3.51. The summed E-state index contributed by atoms with van der Waals surface area (Å²) in [6.45, 7) is 4.42. The van der Waals surface area contributed by atoms with Crippen LogP contribution in [0.5, 0.6) is 0 Å². The van der Waals surface area contributed by atoms with Crippen LogP contribution in [-0.4, -0.2) is 55.1 Å². The van der Waals surface area contributed by atoms with Crippen LogP contribution in [0.1, 0.15) is 44.6 Å². The predicted octanol–water partition coefficient (Wildman–Crippen LogP) is 2.24. The maximum atomic E-state index is 13.0. The molecular formula is C20H27N3O5S2. The molecule has 0 bridgehead atoms. The monoisotopic (exact) mass is 453 g/mol. The van der Waals surface area contributed by atoms with E-state index >= 15 is 0 Å². The van der Waals surface area contributed by atoms with Crippen molar-refractivity contribution in [2.45, 2.75) is 51.6 Å². The number of benzene rings is 1. The fraction of sp³-hybridized carbons (Fsp3) is 0.550. The number of fused-ring (bicyclic) bond motifs is 1. The van der Waals surface area contributed by atoms with E-state index in [0.29, 0.717) is 23.7 Å². The molecule has 1 fully saturated rings. The Balaban J connectivity index is 2.10. The van der Waals surface area contributed by atoms with Gasteiger partial charge in [0.05, 0.1) is 23.6 Å². The van der Waals surface area contributed by atoms with Crippen LogP contribution >= 0.6 is 11.3 Å². The van der Waals surface area contributed by atoms with Gasteiger partial charge in [0.15, 0.2) is 4.80 Å². The Morgan fingerprint density at radius 2 is 2.03 bits per heavy atom. The molecule has 164 valence electrons. The minimum Gasteiger partial charge on any atom is -0.468 e. The van der Waals surface area contributed by atoms with E-state index in [1.165, 1.54) is 22.8 Å². The highest BCUT2D eigenvalue weighted by atomic mass is 32.2. The van der Waals surface area contributed by atoms with Gasteiger partial charge in [-0.3, -0.25) is 9.59 Å². The van der Waals surface area contributed by atoms with Crippen LogP contribution in [0, 0.1) is 0 Å². The third-order valence-corrected chi connectivity index (χ3v) is 7.59. The van der Waals surface area contributed by atoms with Gasteiger partial charge in [0.2, 0.25) is 10.0 Å². The largest absolute Gasteiger partial charge is 0.468 e. The van der Waals surface area contributed by atoms with Crippen molar-refractivity contribution in [2.24, 2.45) is 4.99 Å². The van der Waals surface area contributed by atoms with E-state index in [0.717, 1.165) is 34.9 Å². The van der Waals surface area contributed by atoms with Crippen molar-refractivity contribution < 1.29 is 22.7 Å². The van der Waals surface area contributed by atoms with Crippen molar-refractivity contribution in [1.82, 2.24) is 8.87 Å². The van der Waals surface area contributed by atoms with Gasteiger partial charge in [-0.25, -0.2) is 8.42 Å². The number of ether oxygens (including phenoxy) is 1. The van der Waals surface area contributed by atoms with E-state index in [1.54, 1.807) is 4.57 Å². The Morgan fingerprint density at radius 1 is 1.30 bits per heavy atom. The Bertz CT molecular complexity index is 1130. The molecule has 1 amide bonds. The zero-order valence-electron chi connectivity index (χ0n) is 17.6. The van der Waals surface area contributed by atoms with Crippen molar-refractivity contribution in [1.29, 1.82) is 0 Å². The second kappa shape index (κ2) is 8.99. The Hall–Kier alpha value is -2.04. The van der Waals surface area contributed by atoms with Gasteiger partial charge in [-0.2, -0.15) is 9.30 Å². The molecule has 1 saturated heterocycles. The molecule has 1 aliphatic heterocycles. The third kappa shape index (κ3) is 4.81. The zero-order chi connectivity index (χ0) is 22.1. The number of piperidine rings is 1. The number of carbonyl (C=O) groups is 2. The molecule has 30 heavy (non-hydrogen) atoms. The van der Waals surface area contributed by atoms with Gasteiger partial charge in [-0.05, 0) is 36.5 Å². The normalized spacial score (nSPS) is 18.8. The molecule has 1 aromatic carbocycles. The number of thiazole rings is 1. The first kappa shape index (κ1) is 22.6. The number of hydrogen-bond acceptors (Lipinski definition) is 6. The van der Waals surface area contributed by atoms with Crippen molar-refractivity contribution in [2.75, 3.05) is 19.9 Å². The maximum Gasteiger partial charge on any atom is 0.325 e. The number of aromatic nitrogens is 1. The average molecular weight is 454 g/mol. The molecule has 2 aromatic rings. The highest BCUT2D eigenvalue weighted by Crippen LogP contribution is 2.24. The molecule has 0 N–H and O–H groups in total. The highest BCUT2D eigenvalue weighted by molar-refractivity contribution is 7.88. The lowest BCUT2D eigenvalue weighted by Crippen LogP contribution is -2.47. The van der Waals surface area contributed by atoms with Crippen molar-refractivity contribution in [3.63, 3.8) is 0 Å². The number of nitrogens with zero attached hydrogens (tertiary/aromatic N) is 3. The second-order valence-electron chi connectivity index (χ2n) is 7.76. The van der Waals surface area contributed by atoms with Gasteiger partial charge in [0.1, 0.15) is 12.6 Å². The van der Waals surface area contributed by atoms with Crippen LogP contribution in [0.25, 0.3) is 10.2 Å². The summed E-state index contributed by atoms with van der Waals surface area (Å²) < 4.78 is 32.8. The van der Waals surface area contributed by atoms with Crippen LogP contribution in [-0.2, 0) is 30.9 Å². The third-order valence-electron chi connectivity index (χ3n) is 5.26. The molecule has 0 spiro atoms. The fourth-order valence-electron chi connectivity index (χ4n) is 3.60. The van der Waals surface area contributed by atoms with Crippen LogP contribution in [0.3, 0.4) is 0 Å². The van der Waals surface area contributed by atoms with E-state index < -0.39 is 27.9 Å². The van der Waals surface area contributed by atoms with Gasteiger partial charge in [0, 0.05) is 6.54 Å². The lowest BCUT2D eigenvalue weighted by Gasteiger charge is -2.31. The molecule has 8 nitrogen and oxygen atoms in total. The molecule has 2 heterocycles. The minimum absolute atomic E-state index is 0.0793. The summed E-state index contributed by atoms with van der Waals surface area (Å²) in [6, 6.07) is 5.13. The molecule has 0 radical (unpaired) electrons. The summed E-state index contributed by atoms with van der Waals surface area (Å²) in [7, 11) is -2.20. The topological polar surface area (TPSA) is 98.0 Å². The number of sulfonamides is 1. The Kier molecular flexibility index (Phi) is 6.78. The highest BCUT2D eigenvalue weighted by Gasteiger charge is 2.34. The predicted molar refractivity (Wildman–Crippen MR) is 116 cm³/mol. The smallest absolute Gasteiger partial charge is 0.325 e. The van der Waals surface area contributed by atoms with E-state index in [4.69, 9.17) is 4.74 Å². The summed E-state index contributed by atoms with van der Waals surface area (Å²) >= 11 is 1.31. The van der Waals surface area contributed by atoms with E-state index in [-0.39, 0.29) is 6.54 Å². The standard InChI is InChI=1S/C20H27N3O5S2/c1-13(2)14-8-9-15-17(11-14)29-20(22(15)12-18(24)28-3)21-19(25)16-7-5-6-10-23(16)30(4,26)27/h8-9,11,13,16H,5-7,10,12H2,1-4H3. The molecule has 10 heteroatoms. The van der Waals surface area contributed by atoms with Gasteiger partial charge >= 0.3 is 5.97 Å². The Morgan fingerprint density at radius 3 is 2.67 bits per heavy atom. The van der Waals surface area contributed by atoms with Gasteiger partial charge in [0.25, 0.3) is 5.91 Å². The summed E-state index contributed by atoms with van der Waals surface area (Å²) in [5, 5.41) is 0. The SMILES string of the molecule is COC(=O)Cn1c(=NC(=O)C2CCCCN2S(C)(=O)=O)sc2cc(C(C)C)ccc21. The molecule has 3 rings (SSSR count). The average Bonchev–Trinajstić information content (AvgIpc) is 3.03. The number of hydrogen-bond donors (Lipinski definition) is 0. The lowest BCUT2D eigenvalue weighted by atomic mass is 10.0. The van der Waals surface area contributed by atoms with Crippen molar-refractivity contribution in [3.8, 4) is 0 Å². The van der Waals surface area contributed by atoms with E-state index in [2.05, 4.69) is 18.8 Å². The first-order valence-electron chi connectivity index (χ1n) is 9.87. The van der Waals surface area contributed by atoms with Gasteiger partial charge in [-0.1, -0.05) is 37.7 Å². The van der Waals surface area contributed by atoms with Gasteiger partial charge < -0.3 is 9.30 Å². The van der Waals surface area contributed by atoms with Crippen LogP contribution in [0.15, 0.2) is 23.2 Å². The summed E-state index contributed by atoms with van der Waals surface area (Å²) in [5.41, 5.74) is 1.92. The zero-order valence-corrected chi connectivity index (χ0v) is 19.3. The van der Waals surface area contributed by atoms with Crippen LogP contribution in [0.2, 0.25) is 0 Å². The summed E-state index contributed by atoms with van der Waals surface area (Å²) in [4.78, 5) is 29.6. The first-order valence-corrected chi connectivity index (χ1v) is 12.5. The van der Waals surface area contributed by atoms with Gasteiger partial charge in [-0.15, -0.1) is 0 Å². The quantitative estimate of drug-likeness (QED) is 0.647. The number of methoxy groups -OCH3 is 1. The number of amides is 1. The lowest BCUT2D eigenvalue weighted by molar-refractivity contribution is -0.141. The number of esters is 1. The van der Waals surface area contributed by atoms with E-state index in [1.807, 2.05) is 18.2 Å². The van der Waals surface area contributed by atoms with Crippen LogP contribution < -0.4 is 4.80 Å². The molecule has 0 saturated carbocycles. The van der Waals surface area contributed by atoms with Crippen molar-refractivity contribution in [3.05, 3.63) is 28.6 Å². The maximum absolute atomic E-state index is 13.0. The summed E-state index contributed by atoms with van der Waals surface area (Å²) in [6.07, 6.45) is 3.04. The summed E-state index contributed by atoms with van der Waals surface area (Å²) in [5.74, 6) is -0.625. The molecular weight excluding hydrogens is 426 g/mol. The second-order valence-corrected chi connectivity index (χ2v) is 10.7. The van der Waals surface area contributed by atoms with Crippen LogP contribution in [0.4, 0.5) is 0 Å². The number of carbonyl (C=O) groups excluding carboxylic acids is 2. The molecule has 1 atom stereocenters. The molecule has 1 aromatic heterocycles. The fourth-order valence-corrected chi connectivity index (χ4v) is 5.80. The molecule has 1 aliphatic rings. The molecule has 1 unspecified atom stereocenters. The Labute approximate surface area is 180 Å². The first-order chi connectivity index (χ1) is 14.1. The molecule has 0 aliphatic carbocycles. The van der Waals surface area contributed by atoms with Crippen molar-refractivity contribution >= 4 is 43.5 Å².